The van der Waals surface area contributed by atoms with Crippen molar-refractivity contribution in [3.63, 3.8) is 0 Å². The molecule has 8 rings (SSSR count). The molecule has 78 heavy (non-hydrogen) atoms. The van der Waals surface area contributed by atoms with Crippen molar-refractivity contribution < 1.29 is 50.1 Å². The van der Waals surface area contributed by atoms with Crippen LogP contribution in [0, 0.1) is 17.9 Å². The lowest BCUT2D eigenvalue weighted by Crippen LogP contribution is -2.43. The smallest absolute Gasteiger partial charge is 0.240 e. The maximum Gasteiger partial charge on any atom is 0.240 e. The third kappa shape index (κ3) is 16.2. The summed E-state index contributed by atoms with van der Waals surface area (Å²) in [6.07, 6.45) is 9.43. The Bertz CT molecular complexity index is 2750. The Morgan fingerprint density at radius 3 is 1.47 bits per heavy atom. The Morgan fingerprint density at radius 1 is 0.603 bits per heavy atom. The zero-order valence-corrected chi connectivity index (χ0v) is 47.1. The first-order valence-electron chi connectivity index (χ1n) is 27.1. The highest BCUT2D eigenvalue weighted by Crippen LogP contribution is 2.45. The van der Waals surface area contributed by atoms with Crippen LogP contribution in [0.3, 0.4) is 0 Å². The SMILES string of the molecule is [C-]#[N+]c1cc(Cl)cc2c1C[C@H](N1CCCCC1)[C@H]2Oc1ccc(S(=O)(=O)NCCOCCOCCCC(=O)CCCOCCOCCNS(=O)(=O)c2ccc(O[C@H]3c4cc(Cl)cc(C#N)c4C[C@@H]3N3CCCCC3)cc2)cc1. The molecule has 17 nitrogen and oxygen atoms in total. The predicted octanol–water partition coefficient (Wildman–Crippen LogP) is 8.93. The maximum atomic E-state index is 13.0. The summed E-state index contributed by atoms with van der Waals surface area (Å²) in [6.45, 7) is 14.0. The molecule has 4 aromatic rings. The van der Waals surface area contributed by atoms with Gasteiger partial charge in [0, 0.05) is 49.2 Å². The minimum atomic E-state index is -3.80. The van der Waals surface area contributed by atoms with Crippen LogP contribution in [0.25, 0.3) is 4.85 Å². The van der Waals surface area contributed by atoms with Gasteiger partial charge in [0.25, 0.3) is 0 Å². The molecule has 2 heterocycles. The first kappa shape index (κ1) is 59.4. The van der Waals surface area contributed by atoms with Crippen molar-refractivity contribution in [2.24, 2.45) is 0 Å². The number of hydrogen-bond acceptors (Lipinski definition) is 14. The van der Waals surface area contributed by atoms with Crippen molar-refractivity contribution in [3.05, 3.63) is 122 Å². The molecule has 2 aliphatic heterocycles. The lowest BCUT2D eigenvalue weighted by molar-refractivity contribution is -0.119. The summed E-state index contributed by atoms with van der Waals surface area (Å²) >= 11 is 12.9. The molecule has 4 aromatic carbocycles. The number of nitriles is 1. The van der Waals surface area contributed by atoms with E-state index in [0.717, 1.165) is 74.1 Å². The first-order valence-corrected chi connectivity index (χ1v) is 30.8. The molecular formula is C57H70Cl2N6O11S2. The fraction of sp³-hybridized carbons (Fsp3) is 0.526. The summed E-state index contributed by atoms with van der Waals surface area (Å²) in [6, 6.07) is 22.2. The number of fused-ring (bicyclic) bond motifs is 2. The molecule has 2 saturated heterocycles. The van der Waals surface area contributed by atoms with Gasteiger partial charge in [0.1, 0.15) is 29.5 Å². The van der Waals surface area contributed by atoms with Gasteiger partial charge in [-0.05, 0) is 173 Å². The number of benzene rings is 4. The second kappa shape index (κ2) is 29.1. The van der Waals surface area contributed by atoms with Gasteiger partial charge in [0.15, 0.2) is 5.69 Å². The average molecular weight is 1150 g/mol. The lowest BCUT2D eigenvalue weighted by atomic mass is 10.0. The van der Waals surface area contributed by atoms with Crippen molar-refractivity contribution in [1.29, 1.82) is 5.26 Å². The number of nitrogens with zero attached hydrogens (tertiary/aromatic N) is 4. The Hall–Kier alpha value is -4.71. The molecule has 2 fully saturated rings. The third-order valence-electron chi connectivity index (χ3n) is 14.7. The van der Waals surface area contributed by atoms with Crippen LogP contribution in [-0.2, 0) is 56.6 Å². The van der Waals surface area contributed by atoms with E-state index in [0.29, 0.717) is 97.7 Å². The van der Waals surface area contributed by atoms with Gasteiger partial charge in [-0.3, -0.25) is 14.6 Å². The van der Waals surface area contributed by atoms with Crippen LogP contribution in [0.15, 0.2) is 82.6 Å². The third-order valence-corrected chi connectivity index (χ3v) is 18.1. The van der Waals surface area contributed by atoms with Gasteiger partial charge in [-0.1, -0.05) is 36.0 Å². The summed E-state index contributed by atoms with van der Waals surface area (Å²) in [7, 11) is -7.60. The fourth-order valence-corrected chi connectivity index (χ4v) is 13.3. The number of carbonyl (C=O) groups excluding carboxylic acids is 1. The Balaban J connectivity index is 0.624. The van der Waals surface area contributed by atoms with Crippen molar-refractivity contribution >= 4 is 54.7 Å². The van der Waals surface area contributed by atoms with Gasteiger partial charge in [-0.25, -0.2) is 31.1 Å². The number of likely N-dealkylation sites (tertiary alicyclic amines) is 2. The van der Waals surface area contributed by atoms with Crippen LogP contribution in [0.5, 0.6) is 11.5 Å². The van der Waals surface area contributed by atoms with E-state index in [1.54, 1.807) is 36.4 Å². The average Bonchev–Trinajstić information content (AvgIpc) is 4.06. The topological polar surface area (TPSA) is 199 Å². The number of sulfonamides is 2. The molecule has 0 bridgehead atoms. The molecule has 4 atom stereocenters. The van der Waals surface area contributed by atoms with E-state index in [2.05, 4.69) is 30.2 Å². The van der Waals surface area contributed by atoms with E-state index in [9.17, 15) is 26.9 Å². The molecule has 0 saturated carbocycles. The van der Waals surface area contributed by atoms with Crippen molar-refractivity contribution in [1.82, 2.24) is 19.2 Å². The van der Waals surface area contributed by atoms with Crippen molar-refractivity contribution in [3.8, 4) is 17.6 Å². The van der Waals surface area contributed by atoms with Gasteiger partial charge in [0.2, 0.25) is 20.0 Å². The fourth-order valence-electron chi connectivity index (χ4n) is 10.8. The monoisotopic (exact) mass is 1150 g/mol. The quantitative estimate of drug-likeness (QED) is 0.0370. The minimum Gasteiger partial charge on any atom is -0.484 e. The number of hydrogen-bond donors (Lipinski definition) is 2. The highest BCUT2D eigenvalue weighted by Gasteiger charge is 2.41. The van der Waals surface area contributed by atoms with E-state index < -0.39 is 20.0 Å². The van der Waals surface area contributed by atoms with E-state index in [4.69, 9.17) is 58.2 Å². The van der Waals surface area contributed by atoms with Crippen molar-refractivity contribution in [2.75, 3.05) is 92.1 Å². The molecule has 21 heteroatoms. The summed E-state index contributed by atoms with van der Waals surface area (Å²) in [5.74, 6) is 1.17. The second-order valence-corrected chi connectivity index (χ2v) is 24.4. The van der Waals surface area contributed by atoms with Gasteiger partial charge in [-0.2, -0.15) is 5.26 Å². The van der Waals surface area contributed by atoms with E-state index >= 15 is 0 Å². The second-order valence-electron chi connectivity index (χ2n) is 20.0. The van der Waals surface area contributed by atoms with Gasteiger partial charge < -0.3 is 28.4 Å². The van der Waals surface area contributed by atoms with E-state index in [1.807, 2.05) is 12.1 Å². The molecule has 0 radical (unpaired) electrons. The number of halogens is 2. The molecule has 4 aliphatic rings. The number of ether oxygens (including phenoxy) is 6. The highest BCUT2D eigenvalue weighted by atomic mass is 35.5. The maximum absolute atomic E-state index is 13.0. The molecule has 0 unspecified atom stereocenters. The highest BCUT2D eigenvalue weighted by molar-refractivity contribution is 7.89. The number of ketones is 1. The van der Waals surface area contributed by atoms with E-state index in [1.165, 1.54) is 37.1 Å². The summed E-state index contributed by atoms with van der Waals surface area (Å²) < 4.78 is 92.7. The van der Waals surface area contributed by atoms with Crippen LogP contribution >= 0.6 is 23.2 Å². The van der Waals surface area contributed by atoms with Crippen LogP contribution in [0.1, 0.15) is 104 Å². The molecule has 2 aliphatic carbocycles. The normalized spacial score (nSPS) is 19.7. The molecule has 420 valence electrons. The summed E-state index contributed by atoms with van der Waals surface area (Å²) in [5, 5.41) is 10.8. The van der Waals surface area contributed by atoms with Crippen molar-refractivity contribution in [2.45, 2.75) is 111 Å². The van der Waals surface area contributed by atoms with Crippen LogP contribution in [0.4, 0.5) is 5.69 Å². The Kier molecular flexibility index (Phi) is 22.2. The number of piperidine rings is 2. The van der Waals surface area contributed by atoms with Gasteiger partial charge in [0.05, 0.1) is 79.7 Å². The number of Topliss-reactive ketones (excluding diaryl/α,β-unsaturated/α-hetero) is 1. The van der Waals surface area contributed by atoms with Crippen LogP contribution in [0.2, 0.25) is 10.0 Å². The molecule has 0 aromatic heterocycles. The molecule has 0 amide bonds. The summed E-state index contributed by atoms with van der Waals surface area (Å²) in [5.41, 5.74) is 4.83. The van der Waals surface area contributed by atoms with Crippen LogP contribution < -0.4 is 18.9 Å². The lowest BCUT2D eigenvalue weighted by Gasteiger charge is -2.36. The number of carbonyl (C=O) groups is 1. The minimum absolute atomic E-state index is 0.0425. The number of nitrogens with one attached hydrogen (secondary N) is 2. The van der Waals surface area contributed by atoms with Crippen LogP contribution in [-0.4, -0.2) is 137 Å². The molecular weight excluding hydrogens is 1080 g/mol. The van der Waals surface area contributed by atoms with E-state index in [-0.39, 0.29) is 79.4 Å². The summed E-state index contributed by atoms with van der Waals surface area (Å²) in [4.78, 5) is 21.2. The largest absolute Gasteiger partial charge is 0.484 e. The van der Waals surface area contributed by atoms with Gasteiger partial charge >= 0.3 is 0 Å². The predicted molar refractivity (Wildman–Crippen MR) is 296 cm³/mol. The Labute approximate surface area is 469 Å². The standard InChI is InChI=1S/C57H70Cl2N6O11S2/c1-61-53-37-43(59)36-52-50(53)39-55(65-24-6-3-7-25-65)57(52)76-46-14-18-48(19-15-46)78(69,70)63-21-29-74-33-31-72-27-9-11-44(66)10-8-26-71-30-32-73-28-20-62-77(67,68)47-16-12-45(13-17-47)75-56-51-35-42(58)34-41(40-60)49(51)38-54(56)64-22-4-2-5-23-64/h12-19,34-37,54-57,62-63H,2-11,20-33,38-39H2/t54-,55-,56-,57-/m0/s1. The number of rotatable bonds is 30. The molecule has 0 spiro atoms. The molecule has 2 N–H and O–H groups in total. The van der Waals surface area contributed by atoms with Gasteiger partial charge in [-0.15, -0.1) is 0 Å². The zero-order chi connectivity index (χ0) is 54.9. The first-order chi connectivity index (χ1) is 37.8. The Morgan fingerprint density at radius 2 is 1.03 bits per heavy atom. The zero-order valence-electron chi connectivity index (χ0n) is 44.0.